The molecule has 19 heavy (non-hydrogen) atoms. The number of aryl methyl sites for hydroxylation is 1. The summed E-state index contributed by atoms with van der Waals surface area (Å²) >= 11 is 0. The van der Waals surface area contributed by atoms with Crippen molar-refractivity contribution < 1.29 is 0 Å². The Morgan fingerprint density at radius 3 is 2.47 bits per heavy atom. The van der Waals surface area contributed by atoms with Gasteiger partial charge in [0.15, 0.2) is 0 Å². The number of nitrogens with zero attached hydrogens (tertiary/aromatic N) is 3. The third kappa shape index (κ3) is 2.74. The Labute approximate surface area is 113 Å². The molecule has 1 N–H and O–H groups in total. The zero-order chi connectivity index (χ0) is 13.1. The molecular weight excluding hydrogens is 236 g/mol. The van der Waals surface area contributed by atoms with E-state index in [9.17, 15) is 0 Å². The number of rotatable bonds is 2. The molecule has 0 atom stereocenters. The van der Waals surface area contributed by atoms with Gasteiger partial charge >= 0.3 is 0 Å². The molecule has 0 radical (unpaired) electrons. The third-order valence-electron chi connectivity index (χ3n) is 3.45. The Bertz CT molecular complexity index is 544. The van der Waals surface area contributed by atoms with Gasteiger partial charge in [-0.3, -0.25) is 0 Å². The minimum Gasteiger partial charge on any atom is -0.369 e. The highest BCUT2D eigenvalue weighted by Crippen LogP contribution is 2.22. The van der Waals surface area contributed by atoms with Gasteiger partial charge < -0.3 is 10.2 Å². The Morgan fingerprint density at radius 1 is 1.05 bits per heavy atom. The molecule has 1 aliphatic heterocycles. The molecule has 1 fully saturated rings. The molecule has 0 aliphatic carbocycles. The van der Waals surface area contributed by atoms with Crippen molar-refractivity contribution in [2.45, 2.75) is 6.92 Å². The first-order valence-corrected chi connectivity index (χ1v) is 6.68. The molecule has 4 nitrogen and oxygen atoms in total. The number of nitrogens with one attached hydrogen (secondary N) is 1. The molecule has 0 spiro atoms. The van der Waals surface area contributed by atoms with Crippen molar-refractivity contribution in [3.05, 3.63) is 42.4 Å². The lowest BCUT2D eigenvalue weighted by atomic mass is 10.1. The topological polar surface area (TPSA) is 41.0 Å². The van der Waals surface area contributed by atoms with Gasteiger partial charge in [-0.2, -0.15) is 0 Å². The fourth-order valence-corrected chi connectivity index (χ4v) is 2.38. The third-order valence-corrected chi connectivity index (χ3v) is 3.45. The Hall–Kier alpha value is -1.94. The van der Waals surface area contributed by atoms with Gasteiger partial charge in [0.05, 0.1) is 5.69 Å². The first kappa shape index (κ1) is 12.1. The average molecular weight is 254 g/mol. The van der Waals surface area contributed by atoms with Crippen LogP contribution in [-0.2, 0) is 0 Å². The van der Waals surface area contributed by atoms with Gasteiger partial charge in [0.2, 0.25) is 0 Å². The lowest BCUT2D eigenvalue weighted by Crippen LogP contribution is -2.43. The molecule has 4 heteroatoms. The quantitative estimate of drug-likeness (QED) is 0.888. The fourth-order valence-electron chi connectivity index (χ4n) is 2.38. The molecule has 98 valence electrons. The van der Waals surface area contributed by atoms with Crippen molar-refractivity contribution in [2.24, 2.45) is 0 Å². The minimum absolute atomic E-state index is 0.986. The molecule has 3 rings (SSSR count). The second-order valence-corrected chi connectivity index (χ2v) is 4.83. The van der Waals surface area contributed by atoms with E-state index in [1.165, 1.54) is 5.69 Å². The van der Waals surface area contributed by atoms with E-state index < -0.39 is 0 Å². The van der Waals surface area contributed by atoms with Crippen molar-refractivity contribution in [1.82, 2.24) is 15.3 Å². The summed E-state index contributed by atoms with van der Waals surface area (Å²) in [5.74, 6) is 0. The predicted molar refractivity (Wildman–Crippen MR) is 77.3 cm³/mol. The summed E-state index contributed by atoms with van der Waals surface area (Å²) in [6.07, 6.45) is 1.62. The maximum Gasteiger partial charge on any atom is 0.116 e. The summed E-state index contributed by atoms with van der Waals surface area (Å²) in [6, 6.07) is 10.6. The maximum absolute atomic E-state index is 4.32. The fraction of sp³-hybridized carbons (Fsp3) is 0.333. The van der Waals surface area contributed by atoms with E-state index in [-0.39, 0.29) is 0 Å². The van der Waals surface area contributed by atoms with Crippen LogP contribution in [0.5, 0.6) is 0 Å². The molecule has 1 aromatic heterocycles. The molecule has 0 amide bonds. The second kappa shape index (κ2) is 5.36. The van der Waals surface area contributed by atoms with Crippen molar-refractivity contribution >= 4 is 5.69 Å². The van der Waals surface area contributed by atoms with Crippen molar-refractivity contribution in [1.29, 1.82) is 0 Å². The maximum atomic E-state index is 4.32. The normalized spacial score (nSPS) is 15.5. The highest BCUT2D eigenvalue weighted by atomic mass is 15.2. The first-order valence-electron chi connectivity index (χ1n) is 6.68. The summed E-state index contributed by atoms with van der Waals surface area (Å²) in [4.78, 5) is 10.9. The molecule has 2 aromatic rings. The van der Waals surface area contributed by atoms with Gasteiger partial charge in [0.1, 0.15) is 6.33 Å². The van der Waals surface area contributed by atoms with Crippen LogP contribution in [0.15, 0.2) is 36.7 Å². The number of hydrogen-bond donors (Lipinski definition) is 1. The highest BCUT2D eigenvalue weighted by molar-refractivity contribution is 5.63. The number of piperazine rings is 1. The van der Waals surface area contributed by atoms with Crippen molar-refractivity contribution in [3.8, 4) is 11.3 Å². The van der Waals surface area contributed by atoms with Gasteiger partial charge in [-0.15, -0.1) is 0 Å². The van der Waals surface area contributed by atoms with Crippen LogP contribution in [0, 0.1) is 6.92 Å². The van der Waals surface area contributed by atoms with Gasteiger partial charge in [-0.05, 0) is 25.1 Å². The summed E-state index contributed by atoms with van der Waals surface area (Å²) in [5.41, 5.74) is 4.41. The van der Waals surface area contributed by atoms with Crippen LogP contribution in [0.3, 0.4) is 0 Å². The molecule has 2 heterocycles. The molecule has 0 bridgehead atoms. The monoisotopic (exact) mass is 254 g/mol. The summed E-state index contributed by atoms with van der Waals surface area (Å²) < 4.78 is 0. The molecular formula is C15H18N4. The van der Waals surface area contributed by atoms with E-state index in [2.05, 4.69) is 44.5 Å². The second-order valence-electron chi connectivity index (χ2n) is 4.83. The zero-order valence-electron chi connectivity index (χ0n) is 11.1. The molecule has 1 saturated heterocycles. The SMILES string of the molecule is Cc1cc(-c2ccc(N3CCNCC3)cc2)ncn1. The lowest BCUT2D eigenvalue weighted by molar-refractivity contribution is 0.589. The van der Waals surface area contributed by atoms with Gasteiger partial charge in [-0.1, -0.05) is 12.1 Å². The zero-order valence-corrected chi connectivity index (χ0v) is 11.1. The van der Waals surface area contributed by atoms with Crippen LogP contribution in [0.25, 0.3) is 11.3 Å². The predicted octanol–water partition coefficient (Wildman–Crippen LogP) is 1.86. The minimum atomic E-state index is 0.986. The van der Waals surface area contributed by atoms with E-state index in [4.69, 9.17) is 0 Å². The summed E-state index contributed by atoms with van der Waals surface area (Å²) in [5, 5.41) is 3.37. The molecule has 0 saturated carbocycles. The summed E-state index contributed by atoms with van der Waals surface area (Å²) in [6.45, 7) is 6.26. The van der Waals surface area contributed by atoms with Crippen LogP contribution in [-0.4, -0.2) is 36.1 Å². The van der Waals surface area contributed by atoms with Gasteiger partial charge in [-0.25, -0.2) is 9.97 Å². The van der Waals surface area contributed by atoms with Crippen LogP contribution >= 0.6 is 0 Å². The highest BCUT2D eigenvalue weighted by Gasteiger charge is 2.10. The van der Waals surface area contributed by atoms with E-state index >= 15 is 0 Å². The van der Waals surface area contributed by atoms with E-state index in [1.807, 2.05) is 13.0 Å². The molecule has 1 aliphatic rings. The smallest absolute Gasteiger partial charge is 0.116 e. The largest absolute Gasteiger partial charge is 0.369 e. The van der Waals surface area contributed by atoms with Gasteiger partial charge in [0.25, 0.3) is 0 Å². The van der Waals surface area contributed by atoms with E-state index in [0.717, 1.165) is 43.1 Å². The van der Waals surface area contributed by atoms with Crippen LogP contribution < -0.4 is 10.2 Å². The van der Waals surface area contributed by atoms with E-state index in [1.54, 1.807) is 6.33 Å². The Balaban J connectivity index is 1.82. The van der Waals surface area contributed by atoms with Gasteiger partial charge in [0, 0.05) is 43.1 Å². The standard InChI is InChI=1S/C15H18N4/c1-12-10-15(18-11-17-12)13-2-4-14(5-3-13)19-8-6-16-7-9-19/h2-5,10-11,16H,6-9H2,1H3. The molecule has 0 unspecified atom stereocenters. The first-order chi connectivity index (χ1) is 9.33. The Morgan fingerprint density at radius 2 is 1.79 bits per heavy atom. The number of hydrogen-bond acceptors (Lipinski definition) is 4. The van der Waals surface area contributed by atoms with Crippen LogP contribution in [0.2, 0.25) is 0 Å². The van der Waals surface area contributed by atoms with Crippen LogP contribution in [0.4, 0.5) is 5.69 Å². The summed E-state index contributed by atoms with van der Waals surface area (Å²) in [7, 11) is 0. The number of anilines is 1. The van der Waals surface area contributed by atoms with Crippen molar-refractivity contribution in [3.63, 3.8) is 0 Å². The Kier molecular flexibility index (Phi) is 3.42. The average Bonchev–Trinajstić information content (AvgIpc) is 2.48. The number of benzene rings is 1. The lowest BCUT2D eigenvalue weighted by Gasteiger charge is -2.29. The van der Waals surface area contributed by atoms with Crippen molar-refractivity contribution in [2.75, 3.05) is 31.1 Å². The molecule has 1 aromatic carbocycles. The number of aromatic nitrogens is 2. The van der Waals surface area contributed by atoms with Crippen LogP contribution in [0.1, 0.15) is 5.69 Å². The van der Waals surface area contributed by atoms with E-state index in [0.29, 0.717) is 0 Å².